The number of aliphatic imine (C=N–C) groups is 1. The average Bonchev–Trinajstić information content (AvgIpc) is 3.16. The highest BCUT2D eigenvalue weighted by atomic mass is 32.2. The third-order valence-electron chi connectivity index (χ3n) is 4.12. The van der Waals surface area contributed by atoms with Crippen LogP contribution in [0.5, 0.6) is 0 Å². The van der Waals surface area contributed by atoms with Crippen LogP contribution < -0.4 is 5.73 Å². The van der Waals surface area contributed by atoms with Crippen LogP contribution in [0.1, 0.15) is 18.7 Å². The standard InChI is InChI=1S/C20H21F3N2O4S2/c1-4-29-17(26)11-25-18(12(2)19(24)20(21,22)23)16-9-8-15(30-16)13-6-5-7-14(10-13)31(3,27)28/h5-10H,4,11,24H2,1-3H3. The van der Waals surface area contributed by atoms with E-state index in [2.05, 4.69) is 4.99 Å². The molecule has 11 heteroatoms. The molecule has 0 radical (unpaired) electrons. The lowest BCUT2D eigenvalue weighted by Crippen LogP contribution is -2.24. The fourth-order valence-electron chi connectivity index (χ4n) is 2.57. The summed E-state index contributed by atoms with van der Waals surface area (Å²) in [5, 5.41) is 0. The van der Waals surface area contributed by atoms with Crippen molar-refractivity contribution in [3.63, 3.8) is 0 Å². The average molecular weight is 475 g/mol. The van der Waals surface area contributed by atoms with Crippen molar-refractivity contribution in [2.75, 3.05) is 19.4 Å². The first-order valence-electron chi connectivity index (χ1n) is 8.99. The van der Waals surface area contributed by atoms with E-state index in [0.717, 1.165) is 17.6 Å². The molecule has 0 bridgehead atoms. The number of carbonyl (C=O) groups excluding carboxylic acids is 1. The first kappa shape index (κ1) is 24.6. The lowest BCUT2D eigenvalue weighted by molar-refractivity contribution is -0.141. The van der Waals surface area contributed by atoms with Crippen LogP contribution in [0.15, 0.2) is 57.6 Å². The van der Waals surface area contributed by atoms with E-state index in [1.807, 2.05) is 0 Å². The fraction of sp³-hybridized carbons (Fsp3) is 0.300. The van der Waals surface area contributed by atoms with E-state index >= 15 is 0 Å². The number of ether oxygens (including phenoxy) is 1. The highest BCUT2D eigenvalue weighted by Gasteiger charge is 2.34. The first-order chi connectivity index (χ1) is 14.3. The molecule has 2 aromatic rings. The van der Waals surface area contributed by atoms with Crippen LogP contribution in [0, 0.1) is 0 Å². The number of thiophene rings is 1. The van der Waals surface area contributed by atoms with Crippen molar-refractivity contribution >= 4 is 32.9 Å². The van der Waals surface area contributed by atoms with Gasteiger partial charge in [0.25, 0.3) is 0 Å². The Morgan fingerprint density at radius 3 is 2.48 bits per heavy atom. The fourth-order valence-corrected chi connectivity index (χ4v) is 4.31. The van der Waals surface area contributed by atoms with Crippen molar-refractivity contribution in [1.82, 2.24) is 0 Å². The monoisotopic (exact) mass is 474 g/mol. The second-order valence-corrected chi connectivity index (χ2v) is 9.57. The SMILES string of the molecule is CCOC(=O)CN=C(C(C)=C(N)C(F)(F)F)c1ccc(-c2cccc(S(C)(=O)=O)c2)s1. The molecule has 2 N–H and O–H groups in total. The lowest BCUT2D eigenvalue weighted by Gasteiger charge is -2.12. The second-order valence-electron chi connectivity index (χ2n) is 6.47. The Bertz CT molecular complexity index is 1130. The molecule has 6 nitrogen and oxygen atoms in total. The van der Waals surface area contributed by atoms with Gasteiger partial charge < -0.3 is 10.5 Å². The zero-order valence-electron chi connectivity index (χ0n) is 17.0. The predicted octanol–water partition coefficient (Wildman–Crippen LogP) is 3.97. The van der Waals surface area contributed by atoms with Crippen LogP contribution >= 0.6 is 11.3 Å². The minimum absolute atomic E-state index is 0.0848. The van der Waals surface area contributed by atoms with Gasteiger partial charge in [0, 0.05) is 16.7 Å². The number of sulfone groups is 1. The van der Waals surface area contributed by atoms with E-state index in [0.29, 0.717) is 15.3 Å². The zero-order valence-corrected chi connectivity index (χ0v) is 18.6. The molecule has 0 saturated heterocycles. The van der Waals surface area contributed by atoms with Gasteiger partial charge >= 0.3 is 12.1 Å². The van der Waals surface area contributed by atoms with Gasteiger partial charge in [-0.3, -0.25) is 9.79 Å². The van der Waals surface area contributed by atoms with E-state index in [9.17, 15) is 26.4 Å². The van der Waals surface area contributed by atoms with Crippen molar-refractivity contribution in [2.45, 2.75) is 24.9 Å². The van der Waals surface area contributed by atoms with E-state index < -0.39 is 34.2 Å². The highest BCUT2D eigenvalue weighted by Crippen LogP contribution is 2.33. The molecule has 1 aromatic carbocycles. The molecule has 1 heterocycles. The van der Waals surface area contributed by atoms with Gasteiger partial charge in [-0.15, -0.1) is 11.3 Å². The molecule has 0 fully saturated rings. The number of allylic oxidation sites excluding steroid dienone is 2. The van der Waals surface area contributed by atoms with Crippen molar-refractivity contribution < 1.29 is 31.1 Å². The molecule has 0 aliphatic heterocycles. The number of hydrogen-bond donors (Lipinski definition) is 1. The van der Waals surface area contributed by atoms with Crippen LogP contribution in [0.25, 0.3) is 10.4 Å². The lowest BCUT2D eigenvalue weighted by atomic mass is 10.1. The Hall–Kier alpha value is -2.66. The van der Waals surface area contributed by atoms with Gasteiger partial charge in [-0.1, -0.05) is 12.1 Å². The number of esters is 1. The highest BCUT2D eigenvalue weighted by molar-refractivity contribution is 7.90. The molecule has 0 aliphatic rings. The van der Waals surface area contributed by atoms with E-state index in [4.69, 9.17) is 10.5 Å². The van der Waals surface area contributed by atoms with Crippen LogP contribution in [0.4, 0.5) is 13.2 Å². The molecule has 0 unspecified atom stereocenters. The summed E-state index contributed by atoms with van der Waals surface area (Å²) in [6, 6.07) is 9.38. The zero-order chi connectivity index (χ0) is 23.4. The number of hydrogen-bond acceptors (Lipinski definition) is 7. The molecule has 31 heavy (non-hydrogen) atoms. The second kappa shape index (κ2) is 9.65. The van der Waals surface area contributed by atoms with E-state index in [-0.39, 0.29) is 22.8 Å². The summed E-state index contributed by atoms with van der Waals surface area (Å²) in [5.74, 6) is -0.684. The van der Waals surface area contributed by atoms with Gasteiger partial charge in [0.15, 0.2) is 9.84 Å². The largest absolute Gasteiger partial charge is 0.465 e. The summed E-state index contributed by atoms with van der Waals surface area (Å²) in [6.07, 6.45) is -3.68. The summed E-state index contributed by atoms with van der Waals surface area (Å²) in [6.45, 7) is 2.42. The van der Waals surface area contributed by atoms with Crippen LogP contribution in [0.3, 0.4) is 0 Å². The molecule has 168 valence electrons. The molecule has 0 aliphatic carbocycles. The smallest absolute Gasteiger partial charge is 0.431 e. The van der Waals surface area contributed by atoms with Crippen LogP contribution in [0.2, 0.25) is 0 Å². The van der Waals surface area contributed by atoms with Crippen LogP contribution in [-0.4, -0.2) is 45.7 Å². The molecule has 0 spiro atoms. The Labute approximate surface area is 182 Å². The first-order valence-corrected chi connectivity index (χ1v) is 11.7. The number of halogens is 3. The number of alkyl halides is 3. The Balaban J connectivity index is 2.53. The molecular weight excluding hydrogens is 453 g/mol. The van der Waals surface area contributed by atoms with E-state index in [1.165, 1.54) is 19.1 Å². The van der Waals surface area contributed by atoms with Crippen molar-refractivity contribution in [3.8, 4) is 10.4 Å². The Kier molecular flexibility index (Phi) is 7.66. The quantitative estimate of drug-likeness (QED) is 0.484. The van der Waals surface area contributed by atoms with Gasteiger partial charge in [0.2, 0.25) is 0 Å². The van der Waals surface area contributed by atoms with E-state index in [1.54, 1.807) is 31.2 Å². The summed E-state index contributed by atoms with van der Waals surface area (Å²) < 4.78 is 67.8. The third kappa shape index (κ3) is 6.41. The molecular formula is C20H21F3N2O4S2. The number of nitrogens with zero attached hydrogens (tertiary/aromatic N) is 1. The summed E-state index contributed by atoms with van der Waals surface area (Å²) in [7, 11) is -3.43. The number of benzene rings is 1. The van der Waals surface area contributed by atoms with Crippen LogP contribution in [-0.2, 0) is 19.4 Å². The molecule has 0 saturated carbocycles. The Morgan fingerprint density at radius 2 is 1.90 bits per heavy atom. The Morgan fingerprint density at radius 1 is 1.23 bits per heavy atom. The van der Waals surface area contributed by atoms with Crippen molar-refractivity contribution in [2.24, 2.45) is 10.7 Å². The third-order valence-corrected chi connectivity index (χ3v) is 6.37. The molecule has 1 aromatic heterocycles. The van der Waals surface area contributed by atoms with Gasteiger partial charge in [0.05, 0.1) is 22.1 Å². The topological polar surface area (TPSA) is 98.8 Å². The summed E-state index contributed by atoms with van der Waals surface area (Å²) in [4.78, 5) is 16.8. The van der Waals surface area contributed by atoms with Gasteiger partial charge in [-0.2, -0.15) is 13.2 Å². The van der Waals surface area contributed by atoms with Gasteiger partial charge in [-0.25, -0.2) is 8.42 Å². The number of carbonyl (C=O) groups is 1. The summed E-state index contributed by atoms with van der Waals surface area (Å²) in [5.41, 5.74) is 4.13. The van der Waals surface area contributed by atoms with Crippen molar-refractivity contribution in [1.29, 1.82) is 0 Å². The number of rotatable bonds is 7. The maximum absolute atomic E-state index is 13.1. The molecule has 2 rings (SSSR count). The van der Waals surface area contributed by atoms with Gasteiger partial charge in [-0.05, 0) is 43.7 Å². The minimum atomic E-state index is -4.77. The number of nitrogens with two attached hydrogens (primary N) is 1. The molecule has 0 amide bonds. The van der Waals surface area contributed by atoms with Crippen molar-refractivity contribution in [3.05, 3.63) is 52.5 Å². The maximum atomic E-state index is 13.1. The normalized spacial score (nSPS) is 13.7. The summed E-state index contributed by atoms with van der Waals surface area (Å²) >= 11 is 1.10. The van der Waals surface area contributed by atoms with Gasteiger partial charge in [0.1, 0.15) is 12.2 Å². The predicted molar refractivity (Wildman–Crippen MR) is 114 cm³/mol. The minimum Gasteiger partial charge on any atom is -0.465 e. The maximum Gasteiger partial charge on any atom is 0.431 e. The molecule has 0 atom stereocenters.